The molecule has 0 N–H and O–H groups in total. The maximum absolute atomic E-state index is 13.3. The predicted molar refractivity (Wildman–Crippen MR) is 65.5 cm³/mol. The molecule has 0 aliphatic heterocycles. The summed E-state index contributed by atoms with van der Waals surface area (Å²) in [7, 11) is 0. The summed E-state index contributed by atoms with van der Waals surface area (Å²) < 4.78 is 19.4. The molecule has 0 aliphatic carbocycles. The van der Waals surface area contributed by atoms with E-state index in [9.17, 15) is 4.39 Å². The summed E-state index contributed by atoms with van der Waals surface area (Å²) in [6.45, 7) is 0.200. The lowest BCUT2D eigenvalue weighted by Crippen LogP contribution is -2.01. The highest BCUT2D eigenvalue weighted by Crippen LogP contribution is 2.20. The summed E-state index contributed by atoms with van der Waals surface area (Å²) >= 11 is 8.92. The molecule has 0 saturated heterocycles. The zero-order valence-electron chi connectivity index (χ0n) is 8.53. The minimum Gasteiger partial charge on any atom is -0.471 e. The van der Waals surface area contributed by atoms with Crippen LogP contribution in [0.25, 0.3) is 0 Å². The van der Waals surface area contributed by atoms with E-state index in [0.717, 1.165) is 16.2 Å². The second kappa shape index (κ2) is 5.42. The fraction of sp³-hybridized carbons (Fsp3) is 0.0909. The van der Waals surface area contributed by atoms with E-state index >= 15 is 0 Å². The second-order valence-corrected chi connectivity index (χ2v) is 4.36. The summed E-state index contributed by atoms with van der Waals surface area (Å²) in [5.41, 5.74) is 0.890. The first-order chi connectivity index (χ1) is 8.16. The van der Waals surface area contributed by atoms with E-state index in [1.165, 1.54) is 0 Å². The summed E-state index contributed by atoms with van der Waals surface area (Å²) in [5.74, 6) is -0.790. The van der Waals surface area contributed by atoms with Gasteiger partial charge in [-0.05, 0) is 17.7 Å². The lowest BCUT2D eigenvalue weighted by molar-refractivity contribution is 0.275. The molecule has 3 nitrogen and oxygen atoms in total. The first kappa shape index (κ1) is 12.3. The highest BCUT2D eigenvalue weighted by molar-refractivity contribution is 9.10. The van der Waals surface area contributed by atoms with Crippen LogP contribution in [-0.2, 0) is 6.61 Å². The summed E-state index contributed by atoms with van der Waals surface area (Å²) in [6, 6.07) is 7.50. The van der Waals surface area contributed by atoms with Crippen molar-refractivity contribution < 1.29 is 9.13 Å². The van der Waals surface area contributed by atoms with Crippen molar-refractivity contribution >= 4 is 27.5 Å². The van der Waals surface area contributed by atoms with Crippen molar-refractivity contribution in [3.05, 3.63) is 51.6 Å². The van der Waals surface area contributed by atoms with Gasteiger partial charge in [0.25, 0.3) is 5.88 Å². The molecule has 6 heteroatoms. The largest absolute Gasteiger partial charge is 0.471 e. The lowest BCUT2D eigenvalue weighted by Gasteiger charge is -2.07. The quantitative estimate of drug-likeness (QED) is 0.811. The number of hydrogen-bond acceptors (Lipinski definition) is 3. The van der Waals surface area contributed by atoms with Crippen molar-refractivity contribution in [2.75, 3.05) is 0 Å². The molecule has 0 unspecified atom stereocenters. The highest BCUT2D eigenvalue weighted by atomic mass is 79.9. The molecule has 0 bridgehead atoms. The predicted octanol–water partition coefficient (Wildman–Crippen LogP) is 3.61. The third-order valence-corrected chi connectivity index (χ3v) is 2.96. The van der Waals surface area contributed by atoms with Crippen LogP contribution in [0.1, 0.15) is 5.56 Å². The van der Waals surface area contributed by atoms with E-state index in [0.29, 0.717) is 0 Å². The molecule has 88 valence electrons. The molecule has 0 saturated carbocycles. The Morgan fingerprint density at radius 1 is 1.35 bits per heavy atom. The molecule has 0 atom stereocenters. The average Bonchev–Trinajstić information content (AvgIpc) is 2.32. The molecule has 0 fully saturated rings. The van der Waals surface area contributed by atoms with Crippen LogP contribution in [0.2, 0.25) is 5.28 Å². The molecule has 0 spiro atoms. The van der Waals surface area contributed by atoms with Crippen molar-refractivity contribution in [3.63, 3.8) is 0 Å². The molecular weight excluding hydrogens is 310 g/mol. The molecule has 17 heavy (non-hydrogen) atoms. The zero-order chi connectivity index (χ0) is 12.3. The van der Waals surface area contributed by atoms with Crippen LogP contribution < -0.4 is 4.74 Å². The van der Waals surface area contributed by atoms with Gasteiger partial charge in [0.1, 0.15) is 6.61 Å². The van der Waals surface area contributed by atoms with Crippen LogP contribution in [0.5, 0.6) is 5.88 Å². The van der Waals surface area contributed by atoms with Gasteiger partial charge in [-0.3, -0.25) is 0 Å². The van der Waals surface area contributed by atoms with Gasteiger partial charge in [0.05, 0.1) is 6.20 Å². The van der Waals surface area contributed by atoms with E-state index < -0.39 is 5.82 Å². The van der Waals surface area contributed by atoms with Crippen molar-refractivity contribution in [1.29, 1.82) is 0 Å². The van der Waals surface area contributed by atoms with Gasteiger partial charge in [0.15, 0.2) is 0 Å². The summed E-state index contributed by atoms with van der Waals surface area (Å²) in [4.78, 5) is 7.16. The lowest BCUT2D eigenvalue weighted by atomic mass is 10.2. The minimum atomic E-state index is -0.638. The van der Waals surface area contributed by atoms with Gasteiger partial charge >= 0.3 is 0 Å². The van der Waals surface area contributed by atoms with Crippen LogP contribution in [0.15, 0.2) is 34.9 Å². The molecule has 1 heterocycles. The zero-order valence-corrected chi connectivity index (χ0v) is 10.9. The van der Waals surface area contributed by atoms with Crippen LogP contribution in [0, 0.1) is 5.82 Å². The number of hydrogen-bond donors (Lipinski definition) is 0. The first-order valence-corrected chi connectivity index (χ1v) is 5.88. The van der Waals surface area contributed by atoms with Crippen molar-refractivity contribution in [2.24, 2.45) is 0 Å². The van der Waals surface area contributed by atoms with Gasteiger partial charge < -0.3 is 4.74 Å². The second-order valence-electron chi connectivity index (χ2n) is 3.17. The third kappa shape index (κ3) is 3.14. The Bertz CT molecular complexity index is 539. The van der Waals surface area contributed by atoms with Crippen LogP contribution >= 0.6 is 27.5 Å². The van der Waals surface area contributed by atoms with Gasteiger partial charge in [-0.1, -0.05) is 34.1 Å². The van der Waals surface area contributed by atoms with Crippen molar-refractivity contribution in [3.8, 4) is 5.88 Å². The summed E-state index contributed by atoms with van der Waals surface area (Å²) in [5, 5.41) is -0.0477. The Morgan fingerprint density at radius 3 is 2.88 bits per heavy atom. The molecule has 0 radical (unpaired) electrons. The summed E-state index contributed by atoms with van der Waals surface area (Å²) in [6.07, 6.45) is 0.977. The maximum atomic E-state index is 13.3. The molecule has 1 aromatic carbocycles. The number of halogens is 3. The topological polar surface area (TPSA) is 35.0 Å². The average molecular weight is 318 g/mol. The first-order valence-electron chi connectivity index (χ1n) is 4.71. The Morgan fingerprint density at radius 2 is 2.12 bits per heavy atom. The maximum Gasteiger partial charge on any atom is 0.255 e. The van der Waals surface area contributed by atoms with Gasteiger partial charge in [-0.25, -0.2) is 4.98 Å². The molecule has 0 aliphatic rings. The molecule has 0 amide bonds. The number of rotatable bonds is 3. The Kier molecular flexibility index (Phi) is 3.91. The van der Waals surface area contributed by atoms with Gasteiger partial charge in [0.2, 0.25) is 11.1 Å². The van der Waals surface area contributed by atoms with Crippen molar-refractivity contribution in [2.45, 2.75) is 6.61 Å². The minimum absolute atomic E-state index is 0.0477. The van der Waals surface area contributed by atoms with E-state index in [4.69, 9.17) is 16.3 Å². The SMILES string of the molecule is Fc1cnc(Cl)nc1OCc1ccccc1Br. The monoisotopic (exact) mass is 316 g/mol. The van der Waals surface area contributed by atoms with Crippen LogP contribution in [0.3, 0.4) is 0 Å². The standard InChI is InChI=1S/C11H7BrClFN2O/c12-8-4-2-1-3-7(8)6-17-10-9(14)5-15-11(13)16-10/h1-5H,6H2. The van der Waals surface area contributed by atoms with E-state index in [2.05, 4.69) is 25.9 Å². The normalized spacial score (nSPS) is 10.3. The van der Waals surface area contributed by atoms with Crippen LogP contribution in [0.4, 0.5) is 4.39 Å². The molecular formula is C11H7BrClFN2O. The Balaban J connectivity index is 2.12. The number of ether oxygens (including phenoxy) is 1. The van der Waals surface area contributed by atoms with E-state index in [1.54, 1.807) is 0 Å². The van der Waals surface area contributed by atoms with Crippen LogP contribution in [-0.4, -0.2) is 9.97 Å². The van der Waals surface area contributed by atoms with Gasteiger partial charge in [-0.2, -0.15) is 9.37 Å². The number of aromatic nitrogens is 2. The van der Waals surface area contributed by atoms with Gasteiger partial charge in [-0.15, -0.1) is 0 Å². The number of benzene rings is 1. The van der Waals surface area contributed by atoms with Crippen molar-refractivity contribution in [1.82, 2.24) is 9.97 Å². The van der Waals surface area contributed by atoms with E-state index in [1.807, 2.05) is 24.3 Å². The third-order valence-electron chi connectivity index (χ3n) is 2.00. The Hall–Kier alpha value is -1.20. The van der Waals surface area contributed by atoms with E-state index in [-0.39, 0.29) is 17.8 Å². The smallest absolute Gasteiger partial charge is 0.255 e. The fourth-order valence-electron chi connectivity index (χ4n) is 1.19. The number of nitrogens with zero attached hydrogens (tertiary/aromatic N) is 2. The van der Waals surface area contributed by atoms with Gasteiger partial charge in [0, 0.05) is 10.0 Å². The fourth-order valence-corrected chi connectivity index (χ4v) is 1.72. The Labute approximate surface area is 111 Å². The highest BCUT2D eigenvalue weighted by Gasteiger charge is 2.08. The molecule has 2 rings (SSSR count). The molecule has 1 aromatic heterocycles. The molecule has 2 aromatic rings.